The fraction of sp³-hybridized carbons (Fsp3) is 0.400. The maximum absolute atomic E-state index is 12.6. The number of carbonyl (C=O) groups is 1. The highest BCUT2D eigenvalue weighted by Gasteiger charge is 2.31. The van der Waals surface area contributed by atoms with Gasteiger partial charge in [0.1, 0.15) is 5.75 Å². The summed E-state index contributed by atoms with van der Waals surface area (Å²) in [5.74, 6) is 0.848. The summed E-state index contributed by atoms with van der Waals surface area (Å²) in [5.41, 5.74) is 0.433. The molecule has 0 radical (unpaired) electrons. The molecule has 0 saturated heterocycles. The molecule has 2 aromatic rings. The first-order valence-corrected chi connectivity index (χ1v) is 11.5. The summed E-state index contributed by atoms with van der Waals surface area (Å²) in [5, 5.41) is 11.0. The number of benzene rings is 1. The number of carbonyl (C=O) groups excluding carboxylic acids is 1. The van der Waals surface area contributed by atoms with Gasteiger partial charge in [-0.25, -0.2) is 8.42 Å². The summed E-state index contributed by atoms with van der Waals surface area (Å²) in [6.45, 7) is 2.16. The lowest BCUT2D eigenvalue weighted by Gasteiger charge is -2.20. The molecule has 8 nitrogen and oxygen atoms in total. The van der Waals surface area contributed by atoms with E-state index in [0.717, 1.165) is 16.3 Å². The van der Waals surface area contributed by atoms with Crippen LogP contribution in [0.1, 0.15) is 13.3 Å². The summed E-state index contributed by atoms with van der Waals surface area (Å²) in [6, 6.07) is 6.78. The zero-order chi connectivity index (χ0) is 18.7. The van der Waals surface area contributed by atoms with E-state index in [1.807, 2.05) is 6.92 Å². The smallest absolute Gasteiger partial charge is 0.267 e. The molecule has 0 spiro atoms. The highest BCUT2D eigenvalue weighted by molar-refractivity contribution is 8.01. The second-order valence-corrected chi connectivity index (χ2v) is 9.89. The highest BCUT2D eigenvalue weighted by Crippen LogP contribution is 2.34. The number of anilines is 2. The van der Waals surface area contributed by atoms with Gasteiger partial charge in [-0.05, 0) is 17.9 Å². The van der Waals surface area contributed by atoms with Crippen LogP contribution in [0.5, 0.6) is 5.75 Å². The van der Waals surface area contributed by atoms with E-state index in [1.54, 1.807) is 36.0 Å². The van der Waals surface area contributed by atoms with Gasteiger partial charge in [0.05, 0.1) is 11.9 Å². The predicted molar refractivity (Wildman–Crippen MR) is 103 cm³/mol. The fourth-order valence-corrected chi connectivity index (χ4v) is 5.08. The second-order valence-electron chi connectivity index (χ2n) is 5.49. The molecule has 2 heterocycles. The van der Waals surface area contributed by atoms with Gasteiger partial charge in [-0.15, -0.1) is 10.2 Å². The molecule has 140 valence electrons. The standard InChI is InChI=1S/C15H18N4O4S3/c1-3-24-15-18-17-14(25-15)16-13(20)12-8-9-19(26(2,21)22)10-6-4-5-7-11(10)23-12/h4-7,12H,3,8-9H2,1-2H3,(H,16,17,20)/t12-/m1/s1. The number of thioether (sulfide) groups is 1. The Bertz CT molecular complexity index is 900. The van der Waals surface area contributed by atoms with E-state index in [2.05, 4.69) is 15.5 Å². The average Bonchev–Trinajstić information content (AvgIpc) is 2.91. The number of ether oxygens (including phenoxy) is 1. The Balaban J connectivity index is 1.78. The van der Waals surface area contributed by atoms with Crippen LogP contribution in [0.25, 0.3) is 0 Å². The van der Waals surface area contributed by atoms with Crippen LogP contribution >= 0.6 is 23.1 Å². The van der Waals surface area contributed by atoms with Gasteiger partial charge < -0.3 is 4.74 Å². The third-order valence-corrected chi connectivity index (χ3v) is 6.63. The van der Waals surface area contributed by atoms with Gasteiger partial charge in [0.25, 0.3) is 5.91 Å². The molecule has 1 aliphatic rings. The zero-order valence-corrected chi connectivity index (χ0v) is 16.7. The SMILES string of the molecule is CCSc1nnc(NC(=O)[C@H]2CCN(S(C)(=O)=O)c3ccccc3O2)s1. The predicted octanol–water partition coefficient (Wildman–Crippen LogP) is 2.21. The molecule has 1 atom stereocenters. The Morgan fingerprint density at radius 3 is 2.92 bits per heavy atom. The molecule has 1 aromatic heterocycles. The maximum atomic E-state index is 12.6. The summed E-state index contributed by atoms with van der Waals surface area (Å²) >= 11 is 2.84. The number of hydrogen-bond donors (Lipinski definition) is 1. The van der Waals surface area contributed by atoms with Gasteiger partial charge in [0.15, 0.2) is 10.4 Å². The van der Waals surface area contributed by atoms with Crippen molar-refractivity contribution in [2.75, 3.05) is 28.2 Å². The normalized spacial score (nSPS) is 17.2. The molecule has 0 saturated carbocycles. The Morgan fingerprint density at radius 2 is 2.19 bits per heavy atom. The van der Waals surface area contributed by atoms with Gasteiger partial charge in [0.2, 0.25) is 15.2 Å². The quantitative estimate of drug-likeness (QED) is 0.591. The molecule has 3 rings (SSSR count). The number of sulfonamides is 1. The Labute approximate surface area is 160 Å². The molecule has 1 aromatic carbocycles. The molecular formula is C15H18N4O4S3. The number of aromatic nitrogens is 2. The van der Waals surface area contributed by atoms with Crippen molar-refractivity contribution >= 4 is 49.8 Å². The van der Waals surface area contributed by atoms with Crippen LogP contribution in [-0.4, -0.2) is 49.2 Å². The van der Waals surface area contributed by atoms with Crippen molar-refractivity contribution in [3.63, 3.8) is 0 Å². The molecule has 0 fully saturated rings. The first-order chi connectivity index (χ1) is 12.4. The second kappa shape index (κ2) is 7.80. The van der Waals surface area contributed by atoms with E-state index in [0.29, 0.717) is 16.6 Å². The number of para-hydroxylation sites is 2. The van der Waals surface area contributed by atoms with E-state index in [4.69, 9.17) is 4.74 Å². The topological polar surface area (TPSA) is 101 Å². The van der Waals surface area contributed by atoms with Crippen LogP contribution in [0, 0.1) is 0 Å². The molecule has 0 bridgehead atoms. The number of nitrogens with zero attached hydrogens (tertiary/aromatic N) is 3. The minimum absolute atomic E-state index is 0.154. The van der Waals surface area contributed by atoms with E-state index >= 15 is 0 Å². The number of nitrogens with one attached hydrogen (secondary N) is 1. The van der Waals surface area contributed by atoms with Crippen LogP contribution < -0.4 is 14.4 Å². The lowest BCUT2D eigenvalue weighted by molar-refractivity contribution is -0.122. The first-order valence-electron chi connectivity index (χ1n) is 7.89. The minimum Gasteiger partial charge on any atom is -0.478 e. The lowest BCUT2D eigenvalue weighted by Crippen LogP contribution is -2.35. The van der Waals surface area contributed by atoms with Crippen LogP contribution in [0.3, 0.4) is 0 Å². The maximum Gasteiger partial charge on any atom is 0.267 e. The molecule has 1 aliphatic heterocycles. The van der Waals surface area contributed by atoms with Crippen molar-refractivity contribution in [1.82, 2.24) is 10.2 Å². The van der Waals surface area contributed by atoms with Gasteiger partial charge in [-0.3, -0.25) is 14.4 Å². The van der Waals surface area contributed by atoms with Crippen molar-refractivity contribution in [3.8, 4) is 5.75 Å². The monoisotopic (exact) mass is 414 g/mol. The van der Waals surface area contributed by atoms with Crippen LogP contribution in [0.2, 0.25) is 0 Å². The minimum atomic E-state index is -3.48. The third kappa shape index (κ3) is 4.27. The summed E-state index contributed by atoms with van der Waals surface area (Å²) < 4.78 is 32.0. The summed E-state index contributed by atoms with van der Waals surface area (Å²) in [7, 11) is -3.48. The van der Waals surface area contributed by atoms with Crippen molar-refractivity contribution < 1.29 is 17.9 Å². The van der Waals surface area contributed by atoms with E-state index < -0.39 is 16.1 Å². The number of fused-ring (bicyclic) bond motifs is 1. The molecule has 1 amide bonds. The Morgan fingerprint density at radius 1 is 1.42 bits per heavy atom. The van der Waals surface area contributed by atoms with Gasteiger partial charge in [-0.2, -0.15) is 0 Å². The third-order valence-electron chi connectivity index (χ3n) is 3.59. The van der Waals surface area contributed by atoms with Crippen LogP contribution in [-0.2, 0) is 14.8 Å². The molecule has 0 aliphatic carbocycles. The number of amides is 1. The van der Waals surface area contributed by atoms with E-state index in [1.165, 1.54) is 15.6 Å². The van der Waals surface area contributed by atoms with Crippen molar-refractivity contribution in [2.45, 2.75) is 23.8 Å². The highest BCUT2D eigenvalue weighted by atomic mass is 32.2. The largest absolute Gasteiger partial charge is 0.478 e. The van der Waals surface area contributed by atoms with Crippen molar-refractivity contribution in [2.24, 2.45) is 0 Å². The van der Waals surface area contributed by atoms with Crippen molar-refractivity contribution in [3.05, 3.63) is 24.3 Å². The van der Waals surface area contributed by atoms with Gasteiger partial charge in [-0.1, -0.05) is 42.2 Å². The first kappa shape index (κ1) is 18.9. The number of hydrogen-bond acceptors (Lipinski definition) is 8. The Hall–Kier alpha value is -1.85. The Kier molecular flexibility index (Phi) is 5.68. The molecule has 0 unspecified atom stereocenters. The zero-order valence-electron chi connectivity index (χ0n) is 14.2. The van der Waals surface area contributed by atoms with E-state index in [-0.39, 0.29) is 18.9 Å². The van der Waals surface area contributed by atoms with Crippen LogP contribution in [0.15, 0.2) is 28.6 Å². The fourth-order valence-electron chi connectivity index (χ4n) is 2.49. The molecule has 26 heavy (non-hydrogen) atoms. The van der Waals surface area contributed by atoms with E-state index in [9.17, 15) is 13.2 Å². The molecule has 11 heteroatoms. The average molecular weight is 415 g/mol. The van der Waals surface area contributed by atoms with Crippen LogP contribution in [0.4, 0.5) is 10.8 Å². The molecule has 1 N–H and O–H groups in total. The van der Waals surface area contributed by atoms with Crippen molar-refractivity contribution in [1.29, 1.82) is 0 Å². The summed E-state index contributed by atoms with van der Waals surface area (Å²) in [6.07, 6.45) is 0.537. The lowest BCUT2D eigenvalue weighted by atomic mass is 10.2. The van der Waals surface area contributed by atoms with Gasteiger partial charge >= 0.3 is 0 Å². The summed E-state index contributed by atoms with van der Waals surface area (Å²) in [4.78, 5) is 12.6. The number of rotatable bonds is 5. The van der Waals surface area contributed by atoms with Gasteiger partial charge in [0, 0.05) is 13.0 Å². The molecular weight excluding hydrogens is 396 g/mol.